The lowest BCUT2D eigenvalue weighted by Crippen LogP contribution is -2.36. The lowest BCUT2D eigenvalue weighted by atomic mass is 10.2. The highest BCUT2D eigenvalue weighted by Gasteiger charge is 2.11. The topological polar surface area (TPSA) is 40.6 Å². The summed E-state index contributed by atoms with van der Waals surface area (Å²) in [7, 11) is 3.48. The molecule has 0 aliphatic heterocycles. The van der Waals surface area contributed by atoms with Crippen LogP contribution in [0.3, 0.4) is 0 Å². The van der Waals surface area contributed by atoms with Gasteiger partial charge in [-0.15, -0.1) is 0 Å². The number of hydrogen-bond acceptors (Lipinski definition) is 3. The van der Waals surface area contributed by atoms with Gasteiger partial charge in [0, 0.05) is 31.9 Å². The maximum absolute atomic E-state index is 11.6. The quantitative estimate of drug-likeness (QED) is 0.723. The van der Waals surface area contributed by atoms with Gasteiger partial charge in [0.2, 0.25) is 5.91 Å². The first-order valence-electron chi connectivity index (χ1n) is 5.58. The van der Waals surface area contributed by atoms with Gasteiger partial charge in [-0.2, -0.15) is 0 Å². The van der Waals surface area contributed by atoms with Gasteiger partial charge >= 0.3 is 0 Å². The maximum atomic E-state index is 11.6. The number of rotatable bonds is 5. The Morgan fingerprint density at radius 3 is 2.24 bits per heavy atom. The van der Waals surface area contributed by atoms with Crippen LogP contribution in [0.25, 0.3) is 0 Å². The monoisotopic (exact) mass is 234 g/mol. The second-order valence-electron chi connectivity index (χ2n) is 4.01. The van der Waals surface area contributed by atoms with Crippen molar-refractivity contribution >= 4 is 17.9 Å². The fourth-order valence-corrected chi connectivity index (χ4v) is 1.45. The van der Waals surface area contributed by atoms with E-state index in [4.69, 9.17) is 0 Å². The van der Waals surface area contributed by atoms with Crippen LogP contribution in [-0.2, 0) is 4.79 Å². The highest BCUT2D eigenvalue weighted by molar-refractivity contribution is 5.81. The lowest BCUT2D eigenvalue weighted by molar-refractivity contribution is -0.127. The van der Waals surface area contributed by atoms with Crippen molar-refractivity contribution in [3.05, 3.63) is 29.8 Å². The van der Waals surface area contributed by atoms with Crippen LogP contribution in [0, 0.1) is 0 Å². The van der Waals surface area contributed by atoms with Crippen LogP contribution in [-0.4, -0.2) is 44.3 Å². The van der Waals surface area contributed by atoms with Gasteiger partial charge in [-0.05, 0) is 31.2 Å². The first kappa shape index (κ1) is 13.2. The molecule has 17 heavy (non-hydrogen) atoms. The van der Waals surface area contributed by atoms with E-state index in [0.717, 1.165) is 18.5 Å². The molecule has 1 aromatic carbocycles. The van der Waals surface area contributed by atoms with E-state index < -0.39 is 0 Å². The van der Waals surface area contributed by atoms with E-state index in [0.29, 0.717) is 12.1 Å². The molecule has 0 aromatic heterocycles. The third-order valence-electron chi connectivity index (χ3n) is 2.60. The minimum absolute atomic E-state index is 0.0614. The van der Waals surface area contributed by atoms with Crippen LogP contribution in [0.1, 0.15) is 17.3 Å². The molecule has 1 amide bonds. The third-order valence-corrected chi connectivity index (χ3v) is 2.60. The smallest absolute Gasteiger partial charge is 0.241 e. The number of amides is 1. The Morgan fingerprint density at radius 2 is 1.82 bits per heavy atom. The summed E-state index contributed by atoms with van der Waals surface area (Å²) in [5.41, 5.74) is 1.59. The zero-order valence-electron chi connectivity index (χ0n) is 10.5. The Morgan fingerprint density at radius 1 is 1.24 bits per heavy atom. The van der Waals surface area contributed by atoms with Gasteiger partial charge in [-0.25, -0.2) is 0 Å². The van der Waals surface area contributed by atoms with Gasteiger partial charge in [0.1, 0.15) is 6.29 Å². The summed E-state index contributed by atoms with van der Waals surface area (Å²) in [6.07, 6.45) is 0.811. The summed E-state index contributed by atoms with van der Waals surface area (Å²) < 4.78 is 0. The van der Waals surface area contributed by atoms with E-state index in [1.165, 1.54) is 0 Å². The predicted octanol–water partition coefficient (Wildman–Crippen LogP) is 1.41. The van der Waals surface area contributed by atoms with Gasteiger partial charge in [0.25, 0.3) is 0 Å². The molecule has 4 nitrogen and oxygen atoms in total. The number of hydrogen-bond donors (Lipinski definition) is 0. The Hall–Kier alpha value is -1.84. The SMILES string of the molecule is CCN(CC(=O)N(C)C)c1ccc(C=O)cc1. The Kier molecular flexibility index (Phi) is 4.69. The number of benzene rings is 1. The molecule has 92 valence electrons. The molecule has 1 aromatic rings. The Labute approximate surface area is 102 Å². The molecule has 0 spiro atoms. The largest absolute Gasteiger partial charge is 0.362 e. The minimum Gasteiger partial charge on any atom is -0.362 e. The van der Waals surface area contributed by atoms with Crippen molar-refractivity contribution in [2.75, 3.05) is 32.1 Å². The van der Waals surface area contributed by atoms with Gasteiger partial charge in [-0.1, -0.05) is 0 Å². The van der Waals surface area contributed by atoms with E-state index >= 15 is 0 Å². The van der Waals surface area contributed by atoms with E-state index in [1.54, 1.807) is 31.1 Å². The van der Waals surface area contributed by atoms with Crippen molar-refractivity contribution in [2.24, 2.45) is 0 Å². The van der Waals surface area contributed by atoms with E-state index in [2.05, 4.69) is 0 Å². The first-order chi connectivity index (χ1) is 8.08. The van der Waals surface area contributed by atoms with Crippen molar-refractivity contribution in [1.82, 2.24) is 4.90 Å². The molecule has 0 saturated heterocycles. The van der Waals surface area contributed by atoms with E-state index in [9.17, 15) is 9.59 Å². The molecular weight excluding hydrogens is 216 g/mol. The first-order valence-corrected chi connectivity index (χ1v) is 5.58. The molecule has 0 saturated carbocycles. The van der Waals surface area contributed by atoms with Gasteiger partial charge in [0.15, 0.2) is 0 Å². The molecule has 0 radical (unpaired) electrons. The van der Waals surface area contributed by atoms with Crippen molar-refractivity contribution in [1.29, 1.82) is 0 Å². The van der Waals surface area contributed by atoms with Crippen LogP contribution in [0.5, 0.6) is 0 Å². The predicted molar refractivity (Wildman–Crippen MR) is 68.4 cm³/mol. The molecule has 0 aliphatic carbocycles. The summed E-state index contributed by atoms with van der Waals surface area (Å²) in [6.45, 7) is 3.10. The van der Waals surface area contributed by atoms with Crippen molar-refractivity contribution in [3.8, 4) is 0 Å². The summed E-state index contributed by atoms with van der Waals surface area (Å²) >= 11 is 0. The fourth-order valence-electron chi connectivity index (χ4n) is 1.45. The fraction of sp³-hybridized carbons (Fsp3) is 0.385. The second kappa shape index (κ2) is 6.03. The Bertz CT molecular complexity index is 385. The average molecular weight is 234 g/mol. The number of aldehydes is 1. The zero-order chi connectivity index (χ0) is 12.8. The van der Waals surface area contributed by atoms with Crippen LogP contribution in [0.2, 0.25) is 0 Å². The minimum atomic E-state index is 0.0614. The molecule has 1 rings (SSSR count). The standard InChI is InChI=1S/C13H18N2O2/c1-4-15(9-13(17)14(2)3)12-7-5-11(10-16)6-8-12/h5-8,10H,4,9H2,1-3H3. The van der Waals surface area contributed by atoms with Crippen LogP contribution >= 0.6 is 0 Å². The van der Waals surface area contributed by atoms with E-state index in [-0.39, 0.29) is 5.91 Å². The normalized spacial score (nSPS) is 9.82. The van der Waals surface area contributed by atoms with Gasteiger partial charge < -0.3 is 9.80 Å². The van der Waals surface area contributed by atoms with Gasteiger partial charge in [0.05, 0.1) is 6.54 Å². The number of likely N-dealkylation sites (N-methyl/N-ethyl adjacent to an activating group) is 2. The molecule has 0 fully saturated rings. The third kappa shape index (κ3) is 3.59. The van der Waals surface area contributed by atoms with Gasteiger partial charge in [-0.3, -0.25) is 9.59 Å². The molecule has 0 heterocycles. The summed E-state index contributed by atoms with van der Waals surface area (Å²) in [4.78, 5) is 25.7. The van der Waals surface area contributed by atoms with Crippen molar-refractivity contribution < 1.29 is 9.59 Å². The molecule has 0 N–H and O–H groups in total. The maximum Gasteiger partial charge on any atom is 0.241 e. The molecule has 0 aliphatic rings. The lowest BCUT2D eigenvalue weighted by Gasteiger charge is -2.24. The zero-order valence-corrected chi connectivity index (χ0v) is 10.5. The summed E-state index contributed by atoms with van der Waals surface area (Å²) in [5.74, 6) is 0.0614. The molecule has 0 unspecified atom stereocenters. The van der Waals surface area contributed by atoms with Crippen LogP contribution in [0.15, 0.2) is 24.3 Å². The number of anilines is 1. The molecular formula is C13H18N2O2. The summed E-state index contributed by atoms with van der Waals surface area (Å²) in [5, 5.41) is 0. The number of carbonyl (C=O) groups is 2. The number of nitrogens with zero attached hydrogens (tertiary/aromatic N) is 2. The van der Waals surface area contributed by atoms with Crippen LogP contribution in [0.4, 0.5) is 5.69 Å². The number of carbonyl (C=O) groups excluding carboxylic acids is 2. The van der Waals surface area contributed by atoms with Crippen LogP contribution < -0.4 is 4.90 Å². The molecule has 4 heteroatoms. The second-order valence-corrected chi connectivity index (χ2v) is 4.01. The molecule has 0 bridgehead atoms. The van der Waals surface area contributed by atoms with E-state index in [1.807, 2.05) is 24.0 Å². The highest BCUT2D eigenvalue weighted by atomic mass is 16.2. The Balaban J connectivity index is 2.78. The van der Waals surface area contributed by atoms with Crippen molar-refractivity contribution in [3.63, 3.8) is 0 Å². The highest BCUT2D eigenvalue weighted by Crippen LogP contribution is 2.14. The summed E-state index contributed by atoms with van der Waals surface area (Å²) in [6, 6.07) is 7.22. The molecule has 0 atom stereocenters. The average Bonchev–Trinajstić information content (AvgIpc) is 2.35. The van der Waals surface area contributed by atoms with Crippen molar-refractivity contribution in [2.45, 2.75) is 6.92 Å².